The largest absolute Gasteiger partial charge is 0.464 e. The van der Waals surface area contributed by atoms with Gasteiger partial charge in [-0.1, -0.05) is 24.1 Å². The fraction of sp³-hybridized carbons (Fsp3) is 0.188. The predicted molar refractivity (Wildman–Crippen MR) is 81.9 cm³/mol. The molecular formula is C16H15N3O4. The molecule has 7 nitrogen and oxygen atoms in total. The van der Waals surface area contributed by atoms with Crippen LogP contribution in [0.15, 0.2) is 36.4 Å². The summed E-state index contributed by atoms with van der Waals surface area (Å²) in [6, 6.07) is 10.7. The summed E-state index contributed by atoms with van der Waals surface area (Å²) in [4.78, 5) is 22.6. The van der Waals surface area contributed by atoms with Crippen molar-refractivity contribution in [1.82, 2.24) is 15.1 Å². The molecule has 0 aliphatic carbocycles. The number of carbonyl (C=O) groups is 2. The van der Waals surface area contributed by atoms with Crippen LogP contribution in [0, 0.1) is 11.8 Å². The van der Waals surface area contributed by atoms with Gasteiger partial charge in [0.2, 0.25) is 5.91 Å². The van der Waals surface area contributed by atoms with Crippen LogP contribution in [0.5, 0.6) is 0 Å². The van der Waals surface area contributed by atoms with Gasteiger partial charge in [-0.15, -0.1) is 0 Å². The number of nitrogens with zero attached hydrogens (tertiary/aromatic N) is 2. The molecule has 0 radical (unpaired) electrons. The van der Waals surface area contributed by atoms with Crippen molar-refractivity contribution in [1.29, 1.82) is 0 Å². The van der Waals surface area contributed by atoms with Crippen molar-refractivity contribution < 1.29 is 19.4 Å². The topological polar surface area (TPSA) is 93.5 Å². The molecule has 1 aromatic heterocycles. The quantitative estimate of drug-likeness (QED) is 0.618. The van der Waals surface area contributed by atoms with Gasteiger partial charge in [-0.25, -0.2) is 9.48 Å². The first-order valence-electron chi connectivity index (χ1n) is 6.76. The second-order valence-corrected chi connectivity index (χ2v) is 4.39. The molecule has 0 saturated carbocycles. The Morgan fingerprint density at radius 1 is 1.35 bits per heavy atom. The van der Waals surface area contributed by atoms with Crippen molar-refractivity contribution in [2.24, 2.45) is 0 Å². The molecule has 0 aliphatic heterocycles. The number of aromatic nitrogens is 2. The van der Waals surface area contributed by atoms with Crippen molar-refractivity contribution in [3.05, 3.63) is 47.8 Å². The summed E-state index contributed by atoms with van der Waals surface area (Å²) in [5, 5.41) is 15.2. The van der Waals surface area contributed by atoms with Gasteiger partial charge < -0.3 is 15.2 Å². The standard InChI is InChI=1S/C16H15N3O4/c1-23-16(22)14-10-13(8-5-9-17-15(21)11-20)19(18-14)12-6-3-2-4-7-12/h2-4,6-7,10,20H,9,11H2,1H3,(H,17,21). The highest BCUT2D eigenvalue weighted by Crippen LogP contribution is 2.12. The fourth-order valence-corrected chi connectivity index (χ4v) is 1.77. The molecule has 0 saturated heterocycles. The average molecular weight is 313 g/mol. The van der Waals surface area contributed by atoms with E-state index in [9.17, 15) is 9.59 Å². The number of rotatable bonds is 4. The Hall–Kier alpha value is -3.11. The van der Waals surface area contributed by atoms with Crippen LogP contribution in [0.3, 0.4) is 0 Å². The van der Waals surface area contributed by atoms with Gasteiger partial charge in [0.15, 0.2) is 5.69 Å². The summed E-state index contributed by atoms with van der Waals surface area (Å²) in [6.07, 6.45) is 0. The Bertz CT molecular complexity index is 757. The van der Waals surface area contributed by atoms with E-state index in [4.69, 9.17) is 5.11 Å². The van der Waals surface area contributed by atoms with Crippen LogP contribution in [0.2, 0.25) is 0 Å². The van der Waals surface area contributed by atoms with Crippen molar-refractivity contribution in [2.45, 2.75) is 0 Å². The first kappa shape index (κ1) is 16.3. The number of hydrogen-bond donors (Lipinski definition) is 2. The zero-order valence-corrected chi connectivity index (χ0v) is 12.4. The molecule has 1 amide bonds. The molecule has 23 heavy (non-hydrogen) atoms. The van der Waals surface area contributed by atoms with E-state index in [1.807, 2.05) is 30.3 Å². The maximum Gasteiger partial charge on any atom is 0.358 e. The number of nitrogens with one attached hydrogen (secondary N) is 1. The Morgan fingerprint density at radius 3 is 2.74 bits per heavy atom. The lowest BCUT2D eigenvalue weighted by Crippen LogP contribution is -2.26. The highest BCUT2D eigenvalue weighted by atomic mass is 16.5. The van der Waals surface area contributed by atoms with Gasteiger partial charge in [0.25, 0.3) is 0 Å². The molecule has 2 aromatic rings. The van der Waals surface area contributed by atoms with Crippen LogP contribution in [-0.2, 0) is 9.53 Å². The van der Waals surface area contributed by atoms with Gasteiger partial charge in [-0.2, -0.15) is 5.10 Å². The molecule has 1 heterocycles. The third-order valence-corrected chi connectivity index (χ3v) is 2.84. The number of amides is 1. The van der Waals surface area contributed by atoms with Crippen molar-refractivity contribution >= 4 is 11.9 Å². The lowest BCUT2D eigenvalue weighted by molar-refractivity contribution is -0.123. The van der Waals surface area contributed by atoms with E-state index in [-0.39, 0.29) is 12.2 Å². The van der Waals surface area contributed by atoms with E-state index in [2.05, 4.69) is 27.0 Å². The monoisotopic (exact) mass is 313 g/mol. The minimum absolute atomic E-state index is 0.0763. The third-order valence-electron chi connectivity index (χ3n) is 2.84. The number of methoxy groups -OCH3 is 1. The third kappa shape index (κ3) is 4.18. The van der Waals surface area contributed by atoms with Crippen LogP contribution in [0.4, 0.5) is 0 Å². The molecule has 0 fully saturated rings. The maximum absolute atomic E-state index is 11.6. The number of aliphatic hydroxyl groups is 1. The van der Waals surface area contributed by atoms with E-state index in [1.54, 1.807) is 0 Å². The van der Waals surface area contributed by atoms with Gasteiger partial charge in [-0.05, 0) is 18.1 Å². The predicted octanol–water partition coefficient (Wildman–Crippen LogP) is 0.119. The van der Waals surface area contributed by atoms with E-state index in [0.717, 1.165) is 5.69 Å². The second kappa shape index (κ2) is 7.77. The number of esters is 1. The molecule has 0 bridgehead atoms. The lowest BCUT2D eigenvalue weighted by Gasteiger charge is -2.02. The molecule has 118 valence electrons. The molecule has 2 N–H and O–H groups in total. The summed E-state index contributed by atoms with van der Waals surface area (Å²) < 4.78 is 6.19. The van der Waals surface area contributed by atoms with Crippen LogP contribution in [0.1, 0.15) is 16.2 Å². The molecular weight excluding hydrogens is 298 g/mol. The van der Waals surface area contributed by atoms with E-state index < -0.39 is 18.5 Å². The molecule has 0 spiro atoms. The summed E-state index contributed by atoms with van der Waals surface area (Å²) in [5.74, 6) is 4.51. The molecule has 2 rings (SSSR count). The Labute approximate surface area is 132 Å². The normalized spacial score (nSPS) is 9.65. The highest BCUT2D eigenvalue weighted by molar-refractivity contribution is 5.87. The number of carbonyl (C=O) groups excluding carboxylic acids is 2. The minimum atomic E-state index is -0.587. The highest BCUT2D eigenvalue weighted by Gasteiger charge is 2.14. The minimum Gasteiger partial charge on any atom is -0.464 e. The fourth-order valence-electron chi connectivity index (χ4n) is 1.77. The van der Waals surface area contributed by atoms with E-state index >= 15 is 0 Å². The molecule has 0 atom stereocenters. The number of ether oxygens (including phenoxy) is 1. The van der Waals surface area contributed by atoms with Gasteiger partial charge in [0.1, 0.15) is 12.3 Å². The van der Waals surface area contributed by atoms with Gasteiger partial charge >= 0.3 is 5.97 Å². The Balaban J connectivity index is 2.30. The van der Waals surface area contributed by atoms with E-state index in [1.165, 1.54) is 17.9 Å². The number of hydrogen-bond acceptors (Lipinski definition) is 5. The summed E-state index contributed by atoms with van der Waals surface area (Å²) >= 11 is 0. The van der Waals surface area contributed by atoms with Crippen LogP contribution < -0.4 is 5.32 Å². The van der Waals surface area contributed by atoms with Gasteiger partial charge in [-0.3, -0.25) is 4.79 Å². The van der Waals surface area contributed by atoms with Crippen molar-refractivity contribution in [3.63, 3.8) is 0 Å². The number of benzene rings is 1. The van der Waals surface area contributed by atoms with Crippen LogP contribution in [0.25, 0.3) is 5.69 Å². The lowest BCUT2D eigenvalue weighted by atomic mass is 10.3. The van der Waals surface area contributed by atoms with E-state index in [0.29, 0.717) is 5.69 Å². The smallest absolute Gasteiger partial charge is 0.358 e. The summed E-state index contributed by atoms with van der Waals surface area (Å²) in [7, 11) is 1.28. The molecule has 7 heteroatoms. The summed E-state index contributed by atoms with van der Waals surface area (Å²) in [5.41, 5.74) is 1.36. The average Bonchev–Trinajstić information content (AvgIpc) is 3.02. The Kier molecular flexibility index (Phi) is 5.50. The summed E-state index contributed by atoms with van der Waals surface area (Å²) in [6.45, 7) is -0.511. The number of aliphatic hydroxyl groups excluding tert-OH is 1. The van der Waals surface area contributed by atoms with Crippen LogP contribution >= 0.6 is 0 Å². The maximum atomic E-state index is 11.6. The molecule has 1 aromatic carbocycles. The van der Waals surface area contributed by atoms with Crippen LogP contribution in [-0.4, -0.2) is 47.0 Å². The van der Waals surface area contributed by atoms with Gasteiger partial charge in [0, 0.05) is 6.07 Å². The zero-order valence-electron chi connectivity index (χ0n) is 12.4. The van der Waals surface area contributed by atoms with Crippen molar-refractivity contribution in [2.75, 3.05) is 20.3 Å². The SMILES string of the molecule is COC(=O)c1cc(C#CCNC(=O)CO)n(-c2ccccc2)n1. The molecule has 0 unspecified atom stereocenters. The van der Waals surface area contributed by atoms with Crippen molar-refractivity contribution in [3.8, 4) is 17.5 Å². The first-order valence-corrected chi connectivity index (χ1v) is 6.76. The number of para-hydroxylation sites is 1. The Morgan fingerprint density at radius 2 is 2.09 bits per heavy atom. The zero-order chi connectivity index (χ0) is 16.7. The molecule has 0 aliphatic rings. The first-order chi connectivity index (χ1) is 11.2. The second-order valence-electron chi connectivity index (χ2n) is 4.39. The van der Waals surface area contributed by atoms with Gasteiger partial charge in [0.05, 0.1) is 19.3 Å².